The average Bonchev–Trinajstić information content (AvgIpc) is 2.80. The number of hydrogen-bond donors (Lipinski definition) is 3. The fourth-order valence-electron chi connectivity index (χ4n) is 3.42. The van der Waals surface area contributed by atoms with Crippen molar-refractivity contribution in [2.75, 3.05) is 6.54 Å². The Morgan fingerprint density at radius 3 is 2.41 bits per heavy atom. The molecule has 0 saturated carbocycles. The molecule has 0 unspecified atom stereocenters. The fourth-order valence-corrected chi connectivity index (χ4v) is 3.71. The van der Waals surface area contributed by atoms with Crippen molar-refractivity contribution in [3.05, 3.63) is 75.3 Å². The normalized spacial score (nSPS) is 10.8. The highest BCUT2D eigenvalue weighted by Gasteiger charge is 2.07. The molecule has 1 aromatic heterocycles. The molecule has 168 valence electrons. The Bertz CT molecular complexity index is 1170. The van der Waals surface area contributed by atoms with Crippen LogP contribution >= 0.6 is 12.2 Å². The van der Waals surface area contributed by atoms with E-state index < -0.39 is 0 Å². The van der Waals surface area contributed by atoms with Crippen molar-refractivity contribution in [3.8, 4) is 0 Å². The first-order chi connectivity index (χ1) is 15.5. The monoisotopic (exact) mass is 452 g/mol. The number of carbonyl (C=O) groups excluding carboxylic acids is 2. The Balaban J connectivity index is 1.30. The van der Waals surface area contributed by atoms with Gasteiger partial charge in [0, 0.05) is 32.5 Å². The van der Waals surface area contributed by atoms with Gasteiger partial charge in [0.25, 0.3) is 5.56 Å². The van der Waals surface area contributed by atoms with Crippen molar-refractivity contribution >= 4 is 34.9 Å². The van der Waals surface area contributed by atoms with Crippen molar-refractivity contribution in [2.45, 2.75) is 45.2 Å². The van der Waals surface area contributed by atoms with Crippen LogP contribution in [0.4, 0.5) is 0 Å². The van der Waals surface area contributed by atoms with E-state index in [1.54, 1.807) is 10.6 Å². The Morgan fingerprint density at radius 1 is 0.875 bits per heavy atom. The van der Waals surface area contributed by atoms with Gasteiger partial charge in [0.2, 0.25) is 11.8 Å². The number of carbonyl (C=O) groups is 2. The molecule has 2 aromatic carbocycles. The van der Waals surface area contributed by atoms with Crippen molar-refractivity contribution in [1.29, 1.82) is 0 Å². The number of hydrogen-bond acceptors (Lipinski definition) is 4. The number of nitrogens with zero attached hydrogens (tertiary/aromatic N) is 1. The summed E-state index contributed by atoms with van der Waals surface area (Å²) >= 11 is 5.31. The van der Waals surface area contributed by atoms with Crippen LogP contribution in [-0.4, -0.2) is 27.9 Å². The van der Waals surface area contributed by atoms with Crippen LogP contribution in [-0.2, 0) is 22.7 Å². The minimum absolute atomic E-state index is 0.0685. The van der Waals surface area contributed by atoms with Crippen LogP contribution in [0, 0.1) is 4.77 Å². The Morgan fingerprint density at radius 2 is 1.59 bits per heavy atom. The number of unbranched alkanes of at least 4 members (excludes halogenated alkanes) is 2. The molecule has 0 aliphatic rings. The molecule has 0 saturated heterocycles. The molecule has 0 fully saturated rings. The molecular formula is C24H28N4O3S. The van der Waals surface area contributed by atoms with E-state index in [1.165, 1.54) is 0 Å². The van der Waals surface area contributed by atoms with Gasteiger partial charge in [-0.05, 0) is 42.8 Å². The van der Waals surface area contributed by atoms with Gasteiger partial charge in [0.05, 0.1) is 10.9 Å². The summed E-state index contributed by atoms with van der Waals surface area (Å²) in [6.07, 6.45) is 2.92. The summed E-state index contributed by atoms with van der Waals surface area (Å²) in [6.45, 7) is 1.32. The van der Waals surface area contributed by atoms with E-state index in [0.29, 0.717) is 42.6 Å². The van der Waals surface area contributed by atoms with E-state index in [-0.39, 0.29) is 23.8 Å². The van der Waals surface area contributed by atoms with E-state index in [0.717, 1.165) is 23.9 Å². The number of para-hydroxylation sites is 1. The van der Waals surface area contributed by atoms with Gasteiger partial charge < -0.3 is 15.6 Å². The summed E-state index contributed by atoms with van der Waals surface area (Å²) in [4.78, 5) is 39.5. The van der Waals surface area contributed by atoms with Crippen molar-refractivity contribution in [1.82, 2.24) is 20.2 Å². The Labute approximate surface area is 191 Å². The number of benzene rings is 2. The highest BCUT2D eigenvalue weighted by molar-refractivity contribution is 7.71. The quantitative estimate of drug-likeness (QED) is 0.307. The maximum absolute atomic E-state index is 12.6. The number of aromatic amines is 1. The van der Waals surface area contributed by atoms with Crippen LogP contribution in [0.5, 0.6) is 0 Å². The van der Waals surface area contributed by atoms with E-state index in [9.17, 15) is 14.4 Å². The highest BCUT2D eigenvalue weighted by atomic mass is 32.1. The zero-order chi connectivity index (χ0) is 22.8. The SMILES string of the molecule is O=C(CCCCCn1c(=S)[nH]c2ccccc2c1=O)NCCC(=O)NCc1ccccc1. The van der Waals surface area contributed by atoms with Crippen LogP contribution in [0.3, 0.4) is 0 Å². The first-order valence-electron chi connectivity index (χ1n) is 10.8. The third-order valence-electron chi connectivity index (χ3n) is 5.18. The lowest BCUT2D eigenvalue weighted by Crippen LogP contribution is -2.30. The van der Waals surface area contributed by atoms with Gasteiger partial charge >= 0.3 is 0 Å². The summed E-state index contributed by atoms with van der Waals surface area (Å²) in [5.74, 6) is -0.160. The van der Waals surface area contributed by atoms with Crippen molar-refractivity contribution < 1.29 is 9.59 Å². The predicted octanol–water partition coefficient (Wildman–Crippen LogP) is 3.44. The fraction of sp³-hybridized carbons (Fsp3) is 0.333. The summed E-state index contributed by atoms with van der Waals surface area (Å²) in [6, 6.07) is 17.0. The summed E-state index contributed by atoms with van der Waals surface area (Å²) in [5.41, 5.74) is 1.69. The molecule has 0 aliphatic heterocycles. The van der Waals surface area contributed by atoms with Gasteiger partial charge in [-0.25, -0.2) is 0 Å². The lowest BCUT2D eigenvalue weighted by molar-refractivity contribution is -0.122. The molecule has 0 aliphatic carbocycles. The van der Waals surface area contributed by atoms with Gasteiger partial charge in [-0.2, -0.15) is 0 Å². The second kappa shape index (κ2) is 12.0. The number of nitrogens with one attached hydrogen (secondary N) is 3. The first-order valence-corrected chi connectivity index (χ1v) is 11.2. The van der Waals surface area contributed by atoms with Gasteiger partial charge in [0.1, 0.15) is 0 Å². The molecule has 2 amide bonds. The minimum Gasteiger partial charge on any atom is -0.356 e. The van der Waals surface area contributed by atoms with Gasteiger partial charge in [-0.15, -0.1) is 0 Å². The third kappa shape index (κ3) is 6.88. The first kappa shape index (κ1) is 23.4. The second-order valence-electron chi connectivity index (χ2n) is 7.61. The van der Waals surface area contributed by atoms with E-state index in [1.807, 2.05) is 48.5 Å². The maximum atomic E-state index is 12.6. The molecular weight excluding hydrogens is 424 g/mol. The van der Waals surface area contributed by atoms with E-state index in [2.05, 4.69) is 15.6 Å². The molecule has 32 heavy (non-hydrogen) atoms. The summed E-state index contributed by atoms with van der Waals surface area (Å²) in [7, 11) is 0. The van der Waals surface area contributed by atoms with Crippen LogP contribution in [0.15, 0.2) is 59.4 Å². The van der Waals surface area contributed by atoms with E-state index in [4.69, 9.17) is 12.2 Å². The molecule has 3 aromatic rings. The molecule has 0 spiro atoms. The lowest BCUT2D eigenvalue weighted by atomic mass is 10.2. The average molecular weight is 453 g/mol. The highest BCUT2D eigenvalue weighted by Crippen LogP contribution is 2.07. The van der Waals surface area contributed by atoms with Gasteiger partial charge in [-0.1, -0.05) is 48.9 Å². The topological polar surface area (TPSA) is 96.0 Å². The Kier molecular flexibility index (Phi) is 8.74. The molecule has 8 heteroatoms. The minimum atomic E-state index is -0.0912. The van der Waals surface area contributed by atoms with Crippen LogP contribution < -0.4 is 16.2 Å². The smallest absolute Gasteiger partial charge is 0.262 e. The molecule has 7 nitrogen and oxygen atoms in total. The predicted molar refractivity (Wildman–Crippen MR) is 128 cm³/mol. The standard InChI is InChI=1S/C24H28N4O3S/c29-21(25-15-14-22(30)26-17-18-9-3-1-4-10-18)13-5-2-8-16-28-23(31)19-11-6-7-12-20(19)27-24(28)32/h1,3-4,6-7,9-12H,2,5,8,13-17H2,(H,25,29)(H,26,30)(H,27,32). The number of H-pyrrole nitrogens is 1. The van der Waals surface area contributed by atoms with Crippen molar-refractivity contribution in [2.24, 2.45) is 0 Å². The summed E-state index contributed by atoms with van der Waals surface area (Å²) < 4.78 is 1.99. The molecule has 0 atom stereocenters. The zero-order valence-electron chi connectivity index (χ0n) is 17.9. The Hall–Kier alpha value is -3.26. The molecule has 1 heterocycles. The largest absolute Gasteiger partial charge is 0.356 e. The number of fused-ring (bicyclic) bond motifs is 1. The van der Waals surface area contributed by atoms with Crippen LogP contribution in [0.1, 0.15) is 37.7 Å². The molecule has 0 bridgehead atoms. The number of amides is 2. The van der Waals surface area contributed by atoms with Crippen LogP contribution in [0.2, 0.25) is 0 Å². The molecule has 0 radical (unpaired) electrons. The maximum Gasteiger partial charge on any atom is 0.262 e. The van der Waals surface area contributed by atoms with Gasteiger partial charge in [0.15, 0.2) is 4.77 Å². The molecule has 3 rings (SSSR count). The molecule has 3 N–H and O–H groups in total. The van der Waals surface area contributed by atoms with Crippen LogP contribution in [0.25, 0.3) is 10.9 Å². The number of rotatable bonds is 11. The van der Waals surface area contributed by atoms with Gasteiger partial charge in [-0.3, -0.25) is 19.0 Å². The van der Waals surface area contributed by atoms with Crippen molar-refractivity contribution in [3.63, 3.8) is 0 Å². The van der Waals surface area contributed by atoms with E-state index >= 15 is 0 Å². The number of aromatic nitrogens is 2. The third-order valence-corrected chi connectivity index (χ3v) is 5.50. The summed E-state index contributed by atoms with van der Waals surface area (Å²) in [5, 5.41) is 6.24. The second-order valence-corrected chi connectivity index (χ2v) is 7.99. The zero-order valence-corrected chi connectivity index (χ0v) is 18.7. The lowest BCUT2D eigenvalue weighted by Gasteiger charge is -2.08.